The summed E-state index contributed by atoms with van der Waals surface area (Å²) >= 11 is 0. The van der Waals surface area contributed by atoms with Crippen LogP contribution in [-0.4, -0.2) is 55.7 Å². The zero-order valence-electron chi connectivity index (χ0n) is 17.8. The van der Waals surface area contributed by atoms with Crippen LogP contribution in [0.3, 0.4) is 0 Å². The van der Waals surface area contributed by atoms with E-state index in [0.717, 1.165) is 37.5 Å². The van der Waals surface area contributed by atoms with E-state index in [4.69, 9.17) is 9.47 Å². The van der Waals surface area contributed by atoms with Gasteiger partial charge in [0.25, 0.3) is 0 Å². The Morgan fingerprint density at radius 3 is 2.66 bits per heavy atom. The molecule has 0 bridgehead atoms. The molecule has 2 saturated heterocycles. The number of fused-ring (bicyclic) bond motifs is 1. The second kappa shape index (κ2) is 13.2. The molecule has 3 atom stereocenters. The van der Waals surface area contributed by atoms with Crippen molar-refractivity contribution in [1.29, 1.82) is 0 Å². The molecular formula is C23H26N3O3PUV-2. The Balaban J connectivity index is 0.00000181. The van der Waals surface area contributed by atoms with Gasteiger partial charge in [0.05, 0.1) is 18.8 Å². The van der Waals surface area contributed by atoms with Gasteiger partial charge in [-0.1, -0.05) is 45.8 Å². The zero-order valence-corrected chi connectivity index (χ0v) is 24.5. The third kappa shape index (κ3) is 6.64. The minimum absolute atomic E-state index is 0. The number of carbonyl (C=O) groups excluding carboxylic acids is 1. The molecule has 1 radical (unpaired) electrons. The second-order valence-electron chi connectivity index (χ2n) is 7.41. The smallest absolute Gasteiger partial charge is 0.393 e. The summed E-state index contributed by atoms with van der Waals surface area (Å²) in [5.74, 6) is 0. The Labute approximate surface area is 228 Å². The van der Waals surface area contributed by atoms with E-state index in [0.29, 0.717) is 18.3 Å². The van der Waals surface area contributed by atoms with E-state index in [-0.39, 0.29) is 62.4 Å². The molecule has 2 fully saturated rings. The summed E-state index contributed by atoms with van der Waals surface area (Å²) in [4.78, 5) is 16.4. The van der Waals surface area contributed by atoms with Gasteiger partial charge in [0.1, 0.15) is 6.61 Å². The van der Waals surface area contributed by atoms with Gasteiger partial charge >= 0.3 is 6.09 Å². The maximum atomic E-state index is 12.6. The Bertz CT molecular complexity index is 875. The summed E-state index contributed by atoms with van der Waals surface area (Å²) < 4.78 is 13.7. The van der Waals surface area contributed by atoms with E-state index >= 15 is 0 Å². The molecule has 167 valence electrons. The van der Waals surface area contributed by atoms with Crippen molar-refractivity contribution in [3.63, 3.8) is 0 Å². The van der Waals surface area contributed by atoms with Crippen LogP contribution in [0, 0.1) is 43.2 Å². The van der Waals surface area contributed by atoms with E-state index in [1.807, 2.05) is 30.3 Å². The molecule has 0 N–H and O–H groups in total. The van der Waals surface area contributed by atoms with Gasteiger partial charge < -0.3 is 31.4 Å². The van der Waals surface area contributed by atoms with Crippen LogP contribution in [0.25, 0.3) is 0 Å². The van der Waals surface area contributed by atoms with Crippen LogP contribution in [0.1, 0.15) is 5.56 Å². The zero-order chi connectivity index (χ0) is 20.9. The molecule has 0 saturated carbocycles. The van der Waals surface area contributed by atoms with Crippen molar-refractivity contribution in [3.05, 3.63) is 72.8 Å². The number of hydrogen-bond donors (Lipinski definition) is 0. The largest absolute Gasteiger partial charge is 0.446 e. The third-order valence-corrected chi connectivity index (χ3v) is 6.06. The number of hydrogen-bond acceptors (Lipinski definition) is 5. The number of carbonyl (C=O) groups is 1. The predicted molar refractivity (Wildman–Crippen MR) is 120 cm³/mol. The minimum atomic E-state index is -0.424. The van der Waals surface area contributed by atoms with E-state index in [9.17, 15) is 4.79 Å². The summed E-state index contributed by atoms with van der Waals surface area (Å²) in [5, 5.41) is 0. The number of amides is 1. The Kier molecular flexibility index (Phi) is 11.3. The van der Waals surface area contributed by atoms with Crippen molar-refractivity contribution in [2.75, 3.05) is 42.6 Å². The van der Waals surface area contributed by atoms with Gasteiger partial charge in [-0.3, -0.25) is 16.8 Å². The first-order valence-corrected chi connectivity index (χ1v) is 10.6. The first kappa shape index (κ1) is 27.5. The molecule has 0 aliphatic carbocycles. The SMILES string of the molecule is C=CCN(C(=O)OCc1ccccc1)c1c[c-]c(N2CC3OCCN(P)C3C2)[c-]c1.[U].[V]. The van der Waals surface area contributed by atoms with Gasteiger partial charge in [-0.05, 0) is 5.56 Å². The molecule has 1 amide bonds. The molecule has 32 heavy (non-hydrogen) atoms. The van der Waals surface area contributed by atoms with Crippen LogP contribution in [-0.2, 0) is 34.6 Å². The molecule has 0 aromatic heterocycles. The average molecular weight is 712 g/mol. The molecule has 2 aliphatic rings. The minimum Gasteiger partial charge on any atom is -0.446 e. The maximum Gasteiger partial charge on any atom is 0.393 e. The summed E-state index contributed by atoms with van der Waals surface area (Å²) in [6.45, 7) is 7.69. The molecule has 9 heteroatoms. The molecule has 2 aromatic rings. The fourth-order valence-electron chi connectivity index (χ4n) is 3.81. The monoisotopic (exact) mass is 712 g/mol. The summed E-state index contributed by atoms with van der Waals surface area (Å²) in [5.41, 5.74) is 2.50. The van der Waals surface area contributed by atoms with E-state index in [1.165, 1.54) is 4.90 Å². The van der Waals surface area contributed by atoms with Crippen molar-refractivity contribution >= 4 is 26.9 Å². The van der Waals surface area contributed by atoms with Crippen LogP contribution in [0.15, 0.2) is 55.1 Å². The number of morpholine rings is 1. The van der Waals surface area contributed by atoms with Gasteiger partial charge in [0, 0.05) is 75.8 Å². The third-order valence-electron chi connectivity index (χ3n) is 5.42. The van der Waals surface area contributed by atoms with Crippen LogP contribution < -0.4 is 9.80 Å². The van der Waals surface area contributed by atoms with Crippen molar-refractivity contribution in [2.45, 2.75) is 18.8 Å². The predicted octanol–water partition coefficient (Wildman–Crippen LogP) is 3.29. The number of benzene rings is 2. The van der Waals surface area contributed by atoms with E-state index in [1.54, 1.807) is 18.2 Å². The summed E-state index contributed by atoms with van der Waals surface area (Å²) in [6, 6.07) is 20.1. The standard InChI is InChI=1S/C23H26N3O3P.U.V/c1-2-12-25(23(27)29-17-18-6-4-3-5-7-18)20-10-8-19(9-11-20)24-15-21-22(16-24)28-14-13-26(21)30;;/h2-7,10-11,21-22H,1,12-17,30H2;;/q-2;;. The molecule has 2 aliphatic heterocycles. The number of anilines is 2. The Hall–Kier alpha value is -0.764. The number of rotatable bonds is 6. The quantitative estimate of drug-likeness (QED) is 0.262. The van der Waals surface area contributed by atoms with Crippen molar-refractivity contribution in [2.24, 2.45) is 0 Å². The molecule has 2 aromatic carbocycles. The van der Waals surface area contributed by atoms with Gasteiger partial charge in [0.15, 0.2) is 0 Å². The van der Waals surface area contributed by atoms with Gasteiger partial charge in [-0.15, -0.1) is 6.58 Å². The number of nitrogens with zero attached hydrogens (tertiary/aromatic N) is 3. The number of ether oxygens (including phenoxy) is 2. The Morgan fingerprint density at radius 2 is 2.00 bits per heavy atom. The maximum absolute atomic E-state index is 12.6. The Morgan fingerprint density at radius 1 is 1.28 bits per heavy atom. The van der Waals surface area contributed by atoms with Crippen molar-refractivity contribution < 1.29 is 63.9 Å². The molecule has 4 rings (SSSR count). The summed E-state index contributed by atoms with van der Waals surface area (Å²) in [7, 11) is 2.81. The average Bonchev–Trinajstić information content (AvgIpc) is 3.22. The first-order valence-electron chi connectivity index (χ1n) is 10.1. The molecule has 0 spiro atoms. The molecule has 2 heterocycles. The first-order chi connectivity index (χ1) is 14.7. The van der Waals surface area contributed by atoms with Crippen molar-refractivity contribution in [1.82, 2.24) is 4.67 Å². The summed E-state index contributed by atoms with van der Waals surface area (Å²) in [6.07, 6.45) is 1.45. The van der Waals surface area contributed by atoms with Gasteiger partial charge in [-0.25, -0.2) is 10.5 Å². The van der Waals surface area contributed by atoms with Crippen LogP contribution in [0.4, 0.5) is 16.2 Å². The van der Waals surface area contributed by atoms with Crippen LogP contribution in [0.2, 0.25) is 0 Å². The molecule has 3 unspecified atom stereocenters. The normalized spacial score (nSPS) is 19.8. The van der Waals surface area contributed by atoms with Crippen LogP contribution in [0.5, 0.6) is 0 Å². The molecule has 6 nitrogen and oxygen atoms in total. The van der Waals surface area contributed by atoms with Crippen LogP contribution >= 0.6 is 9.39 Å². The topological polar surface area (TPSA) is 45.3 Å². The van der Waals surface area contributed by atoms with Gasteiger partial charge in [-0.2, -0.15) is 5.69 Å². The van der Waals surface area contributed by atoms with E-state index < -0.39 is 6.09 Å². The second-order valence-corrected chi connectivity index (χ2v) is 8.07. The fourth-order valence-corrected chi connectivity index (χ4v) is 4.21. The van der Waals surface area contributed by atoms with Gasteiger partial charge in [0.2, 0.25) is 0 Å². The fraction of sp³-hybridized carbons (Fsp3) is 0.348. The molecular weight excluding hydrogens is 686 g/mol. The van der Waals surface area contributed by atoms with Crippen molar-refractivity contribution in [3.8, 4) is 0 Å². The van der Waals surface area contributed by atoms with E-state index in [2.05, 4.69) is 37.7 Å².